The van der Waals surface area contributed by atoms with Crippen molar-refractivity contribution in [2.75, 3.05) is 26.8 Å². The third kappa shape index (κ3) is 3.03. The largest absolute Gasteiger partial charge is 0.497 e. The quantitative estimate of drug-likeness (QED) is 0.717. The molecule has 1 aromatic carbocycles. The highest BCUT2D eigenvalue weighted by atomic mass is 16.5. The Morgan fingerprint density at radius 1 is 1.36 bits per heavy atom. The van der Waals surface area contributed by atoms with Crippen LogP contribution in [0.3, 0.4) is 0 Å². The lowest BCUT2D eigenvalue weighted by molar-refractivity contribution is -0.137. The summed E-state index contributed by atoms with van der Waals surface area (Å²) in [7, 11) is 1.61. The first-order valence-corrected chi connectivity index (χ1v) is 9.70. The molecule has 2 amide bonds. The molecule has 3 aliphatic heterocycles. The number of hydrogen-bond acceptors (Lipinski definition) is 5. The standard InChI is InChI=1S/C21H26N2O5/c1-4-23-12-21-10-9-16(28-21)17(18(21)20(23)25)19(24)22-13(2)11-27-15-7-5-14(26-3)6-8-15/h5-10,13,16-18H,4,11-12H2,1-3H3,(H,22,24)/t13-,16-,17+,18-,21-/m1/s1. The zero-order valence-corrected chi connectivity index (χ0v) is 16.4. The van der Waals surface area contributed by atoms with Crippen molar-refractivity contribution in [1.82, 2.24) is 10.2 Å². The molecule has 1 spiro atoms. The number of likely N-dealkylation sites (N-methyl/N-ethyl adjacent to an activating group) is 1. The first kappa shape index (κ1) is 18.8. The molecule has 4 rings (SSSR count). The molecule has 150 valence electrons. The molecular formula is C21H26N2O5. The van der Waals surface area contributed by atoms with Gasteiger partial charge in [0.15, 0.2) is 0 Å². The van der Waals surface area contributed by atoms with Crippen LogP contribution in [0, 0.1) is 11.8 Å². The third-order valence-electron chi connectivity index (χ3n) is 5.81. The van der Waals surface area contributed by atoms with Crippen LogP contribution < -0.4 is 14.8 Å². The second kappa shape index (κ2) is 7.13. The number of hydrogen-bond donors (Lipinski definition) is 1. The number of methoxy groups -OCH3 is 1. The fourth-order valence-electron chi connectivity index (χ4n) is 4.42. The Labute approximate surface area is 164 Å². The van der Waals surface area contributed by atoms with Gasteiger partial charge in [-0.2, -0.15) is 0 Å². The van der Waals surface area contributed by atoms with Crippen molar-refractivity contribution < 1.29 is 23.8 Å². The third-order valence-corrected chi connectivity index (χ3v) is 5.81. The molecule has 7 nitrogen and oxygen atoms in total. The number of carbonyl (C=O) groups excluding carboxylic acids is 2. The van der Waals surface area contributed by atoms with Crippen LogP contribution >= 0.6 is 0 Å². The summed E-state index contributed by atoms with van der Waals surface area (Å²) < 4.78 is 16.9. The number of likely N-dealkylation sites (tertiary alicyclic amines) is 1. The number of nitrogens with zero attached hydrogens (tertiary/aromatic N) is 1. The van der Waals surface area contributed by atoms with Gasteiger partial charge in [-0.25, -0.2) is 0 Å². The molecule has 7 heteroatoms. The van der Waals surface area contributed by atoms with Gasteiger partial charge in [0.25, 0.3) is 0 Å². The van der Waals surface area contributed by atoms with Gasteiger partial charge in [-0.3, -0.25) is 9.59 Å². The first-order chi connectivity index (χ1) is 13.5. The van der Waals surface area contributed by atoms with E-state index in [9.17, 15) is 9.59 Å². The molecule has 28 heavy (non-hydrogen) atoms. The van der Waals surface area contributed by atoms with E-state index in [0.717, 1.165) is 5.75 Å². The van der Waals surface area contributed by atoms with E-state index in [1.807, 2.05) is 50.3 Å². The second-order valence-electron chi connectivity index (χ2n) is 7.65. The monoisotopic (exact) mass is 386 g/mol. The van der Waals surface area contributed by atoms with Crippen molar-refractivity contribution in [2.45, 2.75) is 31.6 Å². The van der Waals surface area contributed by atoms with Gasteiger partial charge >= 0.3 is 0 Å². The van der Waals surface area contributed by atoms with Crippen LogP contribution in [0.25, 0.3) is 0 Å². The van der Waals surface area contributed by atoms with Crippen LogP contribution in [0.5, 0.6) is 11.5 Å². The van der Waals surface area contributed by atoms with Crippen LogP contribution in [0.4, 0.5) is 0 Å². The molecule has 5 atom stereocenters. The maximum absolute atomic E-state index is 13.0. The zero-order chi connectivity index (χ0) is 19.9. The number of fused-ring (bicyclic) bond motifs is 1. The lowest BCUT2D eigenvalue weighted by atomic mass is 9.76. The second-order valence-corrected chi connectivity index (χ2v) is 7.65. The van der Waals surface area contributed by atoms with Crippen molar-refractivity contribution in [1.29, 1.82) is 0 Å². The predicted octanol–water partition coefficient (Wildman–Crippen LogP) is 1.38. The molecule has 0 saturated carbocycles. The Morgan fingerprint density at radius 3 is 2.75 bits per heavy atom. The van der Waals surface area contributed by atoms with Crippen molar-refractivity contribution in [3.8, 4) is 11.5 Å². The smallest absolute Gasteiger partial charge is 0.230 e. The van der Waals surface area contributed by atoms with Crippen molar-refractivity contribution in [3.63, 3.8) is 0 Å². The highest BCUT2D eigenvalue weighted by Gasteiger charge is 2.66. The van der Waals surface area contributed by atoms with Gasteiger partial charge < -0.3 is 24.4 Å². The van der Waals surface area contributed by atoms with Crippen molar-refractivity contribution in [2.24, 2.45) is 11.8 Å². The Hall–Kier alpha value is -2.54. The minimum absolute atomic E-state index is 0.0108. The van der Waals surface area contributed by atoms with Crippen molar-refractivity contribution in [3.05, 3.63) is 36.4 Å². The number of carbonyl (C=O) groups is 2. The average molecular weight is 386 g/mol. The summed E-state index contributed by atoms with van der Waals surface area (Å²) in [6.45, 7) is 5.31. The highest BCUT2D eigenvalue weighted by Crippen LogP contribution is 2.51. The number of benzene rings is 1. The molecule has 2 fully saturated rings. The van der Waals surface area contributed by atoms with Crippen LogP contribution in [-0.4, -0.2) is 61.3 Å². The molecule has 1 aromatic rings. The summed E-state index contributed by atoms with van der Waals surface area (Å²) >= 11 is 0. The number of rotatable bonds is 7. The SMILES string of the molecule is CCN1C[C@@]23C=C[C@@H](O2)[C@H](C(=O)N[C@H](C)COc2ccc(OC)cc2)[C@@H]3C1=O. The number of nitrogens with one attached hydrogen (secondary N) is 1. The summed E-state index contributed by atoms with van der Waals surface area (Å²) in [6, 6.07) is 7.09. The van der Waals surface area contributed by atoms with Gasteiger partial charge in [0.2, 0.25) is 11.8 Å². The fourth-order valence-corrected chi connectivity index (χ4v) is 4.42. The van der Waals surface area contributed by atoms with Crippen LogP contribution in [-0.2, 0) is 14.3 Å². The zero-order valence-electron chi connectivity index (χ0n) is 16.4. The molecule has 0 radical (unpaired) electrons. The molecule has 2 bridgehead atoms. The van der Waals surface area contributed by atoms with Crippen LogP contribution in [0.15, 0.2) is 36.4 Å². The summed E-state index contributed by atoms with van der Waals surface area (Å²) in [5.41, 5.74) is -0.636. The van der Waals surface area contributed by atoms with E-state index < -0.39 is 17.4 Å². The van der Waals surface area contributed by atoms with Gasteiger partial charge in [-0.15, -0.1) is 0 Å². The van der Waals surface area contributed by atoms with E-state index in [4.69, 9.17) is 14.2 Å². The highest BCUT2D eigenvalue weighted by molar-refractivity contribution is 5.93. The maximum Gasteiger partial charge on any atom is 0.230 e. The summed E-state index contributed by atoms with van der Waals surface area (Å²) in [5, 5.41) is 2.99. The van der Waals surface area contributed by atoms with E-state index in [2.05, 4.69) is 5.32 Å². The van der Waals surface area contributed by atoms with Crippen molar-refractivity contribution >= 4 is 11.8 Å². The fraction of sp³-hybridized carbons (Fsp3) is 0.524. The molecule has 0 unspecified atom stereocenters. The summed E-state index contributed by atoms with van der Waals surface area (Å²) in [6.07, 6.45) is 3.56. The van der Waals surface area contributed by atoms with E-state index in [0.29, 0.717) is 25.4 Å². The minimum Gasteiger partial charge on any atom is -0.497 e. The Bertz CT molecular complexity index is 792. The lowest BCUT2D eigenvalue weighted by Crippen LogP contribution is -2.47. The van der Waals surface area contributed by atoms with Crippen LogP contribution in [0.1, 0.15) is 13.8 Å². The topological polar surface area (TPSA) is 77.1 Å². The minimum atomic E-state index is -0.636. The number of amides is 2. The van der Waals surface area contributed by atoms with E-state index in [-0.39, 0.29) is 24.0 Å². The predicted molar refractivity (Wildman–Crippen MR) is 102 cm³/mol. The molecule has 1 N–H and O–H groups in total. The van der Waals surface area contributed by atoms with E-state index in [1.54, 1.807) is 12.0 Å². The molecular weight excluding hydrogens is 360 g/mol. The van der Waals surface area contributed by atoms with Gasteiger partial charge in [-0.1, -0.05) is 12.2 Å². The van der Waals surface area contributed by atoms with Gasteiger partial charge in [0.1, 0.15) is 23.7 Å². The Balaban J connectivity index is 1.37. The molecule has 0 aromatic heterocycles. The molecule has 0 aliphatic carbocycles. The summed E-state index contributed by atoms with van der Waals surface area (Å²) in [5.74, 6) is 0.399. The Morgan fingerprint density at radius 2 is 2.07 bits per heavy atom. The lowest BCUT2D eigenvalue weighted by Gasteiger charge is -2.25. The molecule has 2 saturated heterocycles. The molecule has 3 heterocycles. The number of ether oxygens (including phenoxy) is 3. The first-order valence-electron chi connectivity index (χ1n) is 9.70. The maximum atomic E-state index is 13.0. The van der Waals surface area contributed by atoms with Gasteiger partial charge in [0, 0.05) is 6.54 Å². The summed E-state index contributed by atoms with van der Waals surface area (Å²) in [4.78, 5) is 27.5. The van der Waals surface area contributed by atoms with Gasteiger partial charge in [-0.05, 0) is 38.1 Å². The van der Waals surface area contributed by atoms with Gasteiger partial charge in [0.05, 0.1) is 37.6 Å². The van der Waals surface area contributed by atoms with Crippen LogP contribution in [0.2, 0.25) is 0 Å². The molecule has 3 aliphatic rings. The van der Waals surface area contributed by atoms with E-state index >= 15 is 0 Å². The normalized spacial score (nSPS) is 31.0. The average Bonchev–Trinajstić information content (AvgIpc) is 3.34. The van der Waals surface area contributed by atoms with E-state index in [1.165, 1.54) is 0 Å². The Kier molecular flexibility index (Phi) is 4.79.